The Morgan fingerprint density at radius 3 is 2.57 bits per heavy atom. The van der Waals surface area contributed by atoms with Crippen LogP contribution in [0.25, 0.3) is 16.5 Å². The number of benzene rings is 1. The monoisotopic (exact) mass is 298 g/mol. The first-order valence-corrected chi connectivity index (χ1v) is 7.87. The van der Waals surface area contributed by atoms with Crippen LogP contribution in [0.2, 0.25) is 0 Å². The Kier molecular flexibility index (Phi) is 3.14. The number of pyridine rings is 1. The molecule has 2 heterocycles. The molecule has 106 valence electrons. The number of aromatic nitrogens is 2. The third-order valence-electron chi connectivity index (χ3n) is 3.33. The molecule has 21 heavy (non-hydrogen) atoms. The highest BCUT2D eigenvalue weighted by atomic mass is 32.2. The van der Waals surface area contributed by atoms with E-state index in [1.54, 1.807) is 55.0 Å². The third-order valence-corrected chi connectivity index (χ3v) is 5.02. The molecule has 3 rings (SSSR count). The number of hydrogen-bond acceptors (Lipinski definition) is 3. The maximum Gasteiger partial charge on any atom is 0.268 e. The molecule has 0 saturated carbocycles. The van der Waals surface area contributed by atoms with Crippen molar-refractivity contribution in [3.05, 3.63) is 67.1 Å². The first kappa shape index (κ1) is 13.6. The largest absolute Gasteiger partial charge is 0.268 e. The first-order valence-electron chi connectivity index (χ1n) is 6.43. The quantitative estimate of drug-likeness (QED) is 0.745. The molecule has 0 amide bonds. The molecule has 3 aromatic rings. The summed E-state index contributed by atoms with van der Waals surface area (Å²) in [5.41, 5.74) is 2.19. The van der Waals surface area contributed by atoms with E-state index in [-0.39, 0.29) is 4.90 Å². The zero-order chi connectivity index (χ0) is 15.0. The molecule has 0 radical (unpaired) electrons. The minimum absolute atomic E-state index is 0.256. The Hall–Kier alpha value is -2.40. The lowest BCUT2D eigenvalue weighted by Gasteiger charge is -2.06. The van der Waals surface area contributed by atoms with Gasteiger partial charge in [0.05, 0.1) is 10.4 Å². The SMILES string of the molecule is C=C(C)c1cn(S(=O)(=O)c2ccccc2)c2ccncc12. The molecule has 5 heteroatoms. The average molecular weight is 298 g/mol. The van der Waals surface area contributed by atoms with Crippen LogP contribution in [-0.2, 0) is 10.0 Å². The fraction of sp³-hybridized carbons (Fsp3) is 0.0625. The van der Waals surface area contributed by atoms with Crippen LogP contribution in [0, 0.1) is 0 Å². The summed E-state index contributed by atoms with van der Waals surface area (Å²) >= 11 is 0. The van der Waals surface area contributed by atoms with E-state index in [1.165, 1.54) is 3.97 Å². The second-order valence-electron chi connectivity index (χ2n) is 4.83. The van der Waals surface area contributed by atoms with Gasteiger partial charge in [-0.2, -0.15) is 0 Å². The highest BCUT2D eigenvalue weighted by molar-refractivity contribution is 7.90. The molecular weight excluding hydrogens is 284 g/mol. The van der Waals surface area contributed by atoms with Gasteiger partial charge in [0.15, 0.2) is 0 Å². The summed E-state index contributed by atoms with van der Waals surface area (Å²) in [5, 5.41) is 0.782. The van der Waals surface area contributed by atoms with Gasteiger partial charge >= 0.3 is 0 Å². The van der Waals surface area contributed by atoms with E-state index < -0.39 is 10.0 Å². The second kappa shape index (κ2) is 4.86. The summed E-state index contributed by atoms with van der Waals surface area (Å²) in [6, 6.07) is 10.1. The van der Waals surface area contributed by atoms with Gasteiger partial charge in [-0.1, -0.05) is 24.8 Å². The zero-order valence-electron chi connectivity index (χ0n) is 11.5. The fourth-order valence-corrected chi connectivity index (χ4v) is 3.68. The minimum atomic E-state index is -3.63. The van der Waals surface area contributed by atoms with Gasteiger partial charge in [-0.05, 0) is 30.7 Å². The van der Waals surface area contributed by atoms with Crippen molar-refractivity contribution in [2.24, 2.45) is 0 Å². The van der Waals surface area contributed by atoms with E-state index in [1.807, 2.05) is 6.92 Å². The Labute approximate surface area is 123 Å². The van der Waals surface area contributed by atoms with Gasteiger partial charge in [0.2, 0.25) is 0 Å². The van der Waals surface area contributed by atoms with Crippen molar-refractivity contribution in [1.82, 2.24) is 8.96 Å². The Morgan fingerprint density at radius 2 is 1.90 bits per heavy atom. The highest BCUT2D eigenvalue weighted by Crippen LogP contribution is 2.28. The van der Waals surface area contributed by atoms with Crippen molar-refractivity contribution in [2.45, 2.75) is 11.8 Å². The van der Waals surface area contributed by atoms with Gasteiger partial charge in [0.1, 0.15) is 0 Å². The summed E-state index contributed by atoms with van der Waals surface area (Å²) in [4.78, 5) is 4.33. The summed E-state index contributed by atoms with van der Waals surface area (Å²) in [6.45, 7) is 5.76. The molecule has 0 bridgehead atoms. The van der Waals surface area contributed by atoms with Crippen LogP contribution >= 0.6 is 0 Å². The molecule has 2 aromatic heterocycles. The topological polar surface area (TPSA) is 52.0 Å². The van der Waals surface area contributed by atoms with Gasteiger partial charge in [0, 0.05) is 29.5 Å². The Bertz CT molecular complexity index is 925. The van der Waals surface area contributed by atoms with Gasteiger partial charge in [-0.25, -0.2) is 12.4 Å². The first-order chi connectivity index (χ1) is 10.0. The van der Waals surface area contributed by atoms with Crippen molar-refractivity contribution in [3.63, 3.8) is 0 Å². The summed E-state index contributed by atoms with van der Waals surface area (Å²) in [5.74, 6) is 0. The maximum atomic E-state index is 12.8. The molecule has 4 nitrogen and oxygen atoms in total. The average Bonchev–Trinajstić information content (AvgIpc) is 2.88. The number of allylic oxidation sites excluding steroid dienone is 1. The fourth-order valence-electron chi connectivity index (χ4n) is 2.29. The molecular formula is C16H14N2O2S. The van der Waals surface area contributed by atoms with Crippen molar-refractivity contribution in [1.29, 1.82) is 0 Å². The van der Waals surface area contributed by atoms with E-state index >= 15 is 0 Å². The van der Waals surface area contributed by atoms with E-state index in [0.717, 1.165) is 16.5 Å². The summed E-state index contributed by atoms with van der Waals surface area (Å²) < 4.78 is 26.9. The van der Waals surface area contributed by atoms with Gasteiger partial charge in [0.25, 0.3) is 10.0 Å². The molecule has 0 aliphatic rings. The zero-order valence-corrected chi connectivity index (χ0v) is 12.3. The van der Waals surface area contributed by atoms with Crippen molar-refractivity contribution in [2.75, 3.05) is 0 Å². The van der Waals surface area contributed by atoms with Gasteiger partial charge in [-0.15, -0.1) is 0 Å². The lowest BCUT2D eigenvalue weighted by molar-refractivity contribution is 0.589. The van der Waals surface area contributed by atoms with E-state index in [2.05, 4.69) is 11.6 Å². The molecule has 0 fully saturated rings. The molecule has 0 spiro atoms. The third kappa shape index (κ3) is 2.15. The van der Waals surface area contributed by atoms with E-state index in [4.69, 9.17) is 0 Å². The van der Waals surface area contributed by atoms with Gasteiger partial charge in [-0.3, -0.25) is 4.98 Å². The van der Waals surface area contributed by atoms with Crippen molar-refractivity contribution < 1.29 is 8.42 Å². The predicted octanol–water partition coefficient (Wildman–Crippen LogP) is 3.31. The summed E-state index contributed by atoms with van der Waals surface area (Å²) in [7, 11) is -3.63. The van der Waals surface area contributed by atoms with E-state index in [9.17, 15) is 8.42 Å². The lowest BCUT2D eigenvalue weighted by atomic mass is 10.1. The number of hydrogen-bond donors (Lipinski definition) is 0. The van der Waals surface area contributed by atoms with Crippen molar-refractivity contribution in [3.8, 4) is 0 Å². The molecule has 0 aliphatic heterocycles. The predicted molar refractivity (Wildman–Crippen MR) is 83.5 cm³/mol. The molecule has 0 unspecified atom stereocenters. The molecule has 1 aromatic carbocycles. The Morgan fingerprint density at radius 1 is 1.19 bits per heavy atom. The smallest absolute Gasteiger partial charge is 0.264 e. The lowest BCUT2D eigenvalue weighted by Crippen LogP contribution is -2.11. The van der Waals surface area contributed by atoms with Crippen molar-refractivity contribution >= 4 is 26.5 Å². The van der Waals surface area contributed by atoms with Crippen LogP contribution in [0.15, 0.2) is 66.5 Å². The van der Waals surface area contributed by atoms with Crippen LogP contribution < -0.4 is 0 Å². The summed E-state index contributed by atoms with van der Waals surface area (Å²) in [6.07, 6.45) is 4.86. The van der Waals surface area contributed by atoms with Crippen LogP contribution in [0.1, 0.15) is 12.5 Å². The van der Waals surface area contributed by atoms with Crippen LogP contribution in [0.5, 0.6) is 0 Å². The highest BCUT2D eigenvalue weighted by Gasteiger charge is 2.21. The molecule has 0 saturated heterocycles. The van der Waals surface area contributed by atoms with Crippen LogP contribution in [0.3, 0.4) is 0 Å². The standard InChI is InChI=1S/C16H14N2O2S/c1-12(2)15-11-18(16-8-9-17-10-14(15)16)21(19,20)13-6-4-3-5-7-13/h3-11H,1H2,2H3. The van der Waals surface area contributed by atoms with Crippen LogP contribution in [-0.4, -0.2) is 17.4 Å². The molecule has 0 atom stereocenters. The second-order valence-corrected chi connectivity index (χ2v) is 6.64. The minimum Gasteiger partial charge on any atom is -0.264 e. The maximum absolute atomic E-state index is 12.8. The normalized spacial score (nSPS) is 11.7. The van der Waals surface area contributed by atoms with E-state index in [0.29, 0.717) is 5.52 Å². The molecule has 0 N–H and O–H groups in total. The van der Waals surface area contributed by atoms with Crippen LogP contribution in [0.4, 0.5) is 0 Å². The Balaban J connectivity index is 2.34. The number of fused-ring (bicyclic) bond motifs is 1. The van der Waals surface area contributed by atoms with Gasteiger partial charge < -0.3 is 0 Å². The number of rotatable bonds is 3. The number of nitrogens with zero attached hydrogens (tertiary/aromatic N) is 2. The molecule has 0 aliphatic carbocycles.